The van der Waals surface area contributed by atoms with Gasteiger partial charge in [-0.25, -0.2) is 14.8 Å². The molecule has 10 heteroatoms. The third-order valence-corrected chi connectivity index (χ3v) is 6.59. The van der Waals surface area contributed by atoms with Gasteiger partial charge in [0.1, 0.15) is 5.76 Å². The number of hydrogen-bond donors (Lipinski definition) is 3. The molecule has 0 aliphatic carbocycles. The van der Waals surface area contributed by atoms with E-state index in [-0.39, 0.29) is 11.3 Å². The van der Waals surface area contributed by atoms with Crippen LogP contribution in [0.25, 0.3) is 12.2 Å². The normalized spacial score (nSPS) is 14.3. The van der Waals surface area contributed by atoms with Crippen molar-refractivity contribution in [3.63, 3.8) is 0 Å². The Bertz CT molecular complexity index is 1200. The van der Waals surface area contributed by atoms with Crippen molar-refractivity contribution in [2.75, 3.05) is 36.8 Å². The fourth-order valence-electron chi connectivity index (χ4n) is 3.69. The molecule has 0 bridgehead atoms. The standard InChI is InChI=1S/C26H32N6O3S/c1-26(2,3)21-17-28-22(35-21)11-10-20-16-29-25(36-20)31-24(34)30-19-8-6-18(7-9-19)23(33)27-12-15-32-13-4-5-14-32/h6-11,16-17H,4-5,12-15H2,1-3H3,(H,27,33)(H2,29,30,31,34)/b11-10+. The second-order valence-electron chi connectivity index (χ2n) is 9.67. The lowest BCUT2D eigenvalue weighted by atomic mass is 9.94. The molecule has 1 aliphatic rings. The quantitative estimate of drug-likeness (QED) is 0.392. The van der Waals surface area contributed by atoms with Gasteiger partial charge in [0.05, 0.1) is 6.20 Å². The lowest BCUT2D eigenvalue weighted by Crippen LogP contribution is -2.33. The smallest absolute Gasteiger partial charge is 0.325 e. The van der Waals surface area contributed by atoms with Crippen LogP contribution in [0.4, 0.5) is 15.6 Å². The average molecular weight is 509 g/mol. The zero-order valence-electron chi connectivity index (χ0n) is 20.8. The van der Waals surface area contributed by atoms with Gasteiger partial charge in [-0.1, -0.05) is 32.1 Å². The van der Waals surface area contributed by atoms with E-state index in [0.29, 0.717) is 28.8 Å². The Morgan fingerprint density at radius 3 is 2.50 bits per heavy atom. The van der Waals surface area contributed by atoms with E-state index in [1.165, 1.54) is 24.2 Å². The number of nitrogens with one attached hydrogen (secondary N) is 3. The highest BCUT2D eigenvalue weighted by Crippen LogP contribution is 2.24. The molecule has 1 aliphatic heterocycles. The van der Waals surface area contributed by atoms with Gasteiger partial charge in [-0.15, -0.1) is 0 Å². The Morgan fingerprint density at radius 1 is 1.06 bits per heavy atom. The molecule has 1 aromatic carbocycles. The summed E-state index contributed by atoms with van der Waals surface area (Å²) >= 11 is 1.33. The van der Waals surface area contributed by atoms with Gasteiger partial charge in [0.15, 0.2) is 5.13 Å². The number of carbonyl (C=O) groups is 2. The maximum atomic E-state index is 12.4. The Kier molecular flexibility index (Phi) is 8.17. The van der Waals surface area contributed by atoms with Crippen molar-refractivity contribution in [1.82, 2.24) is 20.2 Å². The molecule has 0 atom stereocenters. The number of benzene rings is 1. The molecule has 190 valence electrons. The first-order valence-electron chi connectivity index (χ1n) is 12.0. The number of likely N-dealkylation sites (tertiary alicyclic amines) is 1. The van der Waals surface area contributed by atoms with Crippen LogP contribution in [-0.4, -0.2) is 53.0 Å². The van der Waals surface area contributed by atoms with E-state index in [9.17, 15) is 9.59 Å². The van der Waals surface area contributed by atoms with Gasteiger partial charge >= 0.3 is 6.03 Å². The number of nitrogens with zero attached hydrogens (tertiary/aromatic N) is 3. The fraction of sp³-hybridized carbons (Fsp3) is 0.385. The Labute approximate surface area is 215 Å². The molecule has 0 unspecified atom stereocenters. The number of oxazole rings is 1. The summed E-state index contributed by atoms with van der Waals surface area (Å²) in [6, 6.07) is 6.38. The van der Waals surface area contributed by atoms with E-state index in [4.69, 9.17) is 4.42 Å². The van der Waals surface area contributed by atoms with Crippen LogP contribution in [0.15, 0.2) is 41.1 Å². The first kappa shape index (κ1) is 25.6. The molecule has 0 saturated carbocycles. The topological polar surface area (TPSA) is 112 Å². The Hall–Kier alpha value is -3.50. The van der Waals surface area contributed by atoms with Crippen LogP contribution in [0.3, 0.4) is 0 Å². The Morgan fingerprint density at radius 2 is 1.81 bits per heavy atom. The molecule has 2 aromatic heterocycles. The molecule has 3 heterocycles. The zero-order chi connectivity index (χ0) is 25.5. The van der Waals surface area contributed by atoms with E-state index in [1.807, 2.05) is 6.08 Å². The van der Waals surface area contributed by atoms with Gasteiger partial charge in [0, 0.05) is 46.9 Å². The number of aromatic nitrogens is 2. The highest BCUT2D eigenvalue weighted by molar-refractivity contribution is 7.16. The third kappa shape index (κ3) is 7.25. The van der Waals surface area contributed by atoms with Crippen LogP contribution in [0.5, 0.6) is 0 Å². The minimum atomic E-state index is -0.412. The number of hydrogen-bond acceptors (Lipinski definition) is 7. The van der Waals surface area contributed by atoms with Crippen LogP contribution in [0, 0.1) is 0 Å². The summed E-state index contributed by atoms with van der Waals surface area (Å²) in [7, 11) is 0. The predicted octanol–water partition coefficient (Wildman–Crippen LogP) is 5.07. The largest absolute Gasteiger partial charge is 0.441 e. The lowest BCUT2D eigenvalue weighted by Gasteiger charge is -2.14. The minimum Gasteiger partial charge on any atom is -0.441 e. The summed E-state index contributed by atoms with van der Waals surface area (Å²) < 4.78 is 5.75. The summed E-state index contributed by atoms with van der Waals surface area (Å²) in [5, 5.41) is 8.89. The molecule has 3 amide bonds. The molecule has 36 heavy (non-hydrogen) atoms. The lowest BCUT2D eigenvalue weighted by molar-refractivity contribution is 0.0949. The summed E-state index contributed by atoms with van der Waals surface area (Å²) in [6.07, 6.45) is 9.49. The SMILES string of the molecule is CC(C)(C)c1cnc(/C=C/c2cnc(NC(=O)Nc3ccc(C(=O)NCCN4CCCC4)cc3)s2)o1. The van der Waals surface area contributed by atoms with Crippen LogP contribution in [0.1, 0.15) is 60.5 Å². The van der Waals surface area contributed by atoms with Gasteiger partial charge in [-0.2, -0.15) is 0 Å². The molecule has 0 spiro atoms. The number of amides is 3. The summed E-state index contributed by atoms with van der Waals surface area (Å²) in [4.78, 5) is 36.4. The summed E-state index contributed by atoms with van der Waals surface area (Å²) in [5.41, 5.74) is 1.03. The van der Waals surface area contributed by atoms with Crippen molar-refractivity contribution in [2.45, 2.75) is 39.0 Å². The fourth-order valence-corrected chi connectivity index (χ4v) is 4.40. The second-order valence-corrected chi connectivity index (χ2v) is 10.7. The van der Waals surface area contributed by atoms with Crippen LogP contribution < -0.4 is 16.0 Å². The van der Waals surface area contributed by atoms with Crippen LogP contribution in [0.2, 0.25) is 0 Å². The van der Waals surface area contributed by atoms with Crippen molar-refractivity contribution in [3.8, 4) is 0 Å². The minimum absolute atomic E-state index is 0.103. The molecule has 0 radical (unpaired) electrons. The van der Waals surface area contributed by atoms with Crippen LogP contribution in [-0.2, 0) is 5.41 Å². The Balaban J connectivity index is 1.23. The van der Waals surface area contributed by atoms with E-state index in [0.717, 1.165) is 30.3 Å². The van der Waals surface area contributed by atoms with Gasteiger partial charge in [0.25, 0.3) is 5.91 Å². The van der Waals surface area contributed by atoms with Crippen molar-refractivity contribution in [2.24, 2.45) is 0 Å². The number of anilines is 2. The van der Waals surface area contributed by atoms with E-state index in [1.54, 1.807) is 42.7 Å². The third-order valence-electron chi connectivity index (χ3n) is 5.71. The second kappa shape index (κ2) is 11.5. The molecular formula is C26H32N6O3S. The monoisotopic (exact) mass is 508 g/mol. The van der Waals surface area contributed by atoms with Gasteiger partial charge in [-0.05, 0) is 56.3 Å². The highest BCUT2D eigenvalue weighted by atomic mass is 32.1. The van der Waals surface area contributed by atoms with Crippen LogP contribution >= 0.6 is 11.3 Å². The molecule has 3 aromatic rings. The predicted molar refractivity (Wildman–Crippen MR) is 143 cm³/mol. The van der Waals surface area contributed by atoms with Gasteiger partial charge < -0.3 is 20.0 Å². The van der Waals surface area contributed by atoms with E-state index < -0.39 is 6.03 Å². The van der Waals surface area contributed by atoms with Crippen molar-refractivity contribution < 1.29 is 14.0 Å². The number of rotatable bonds is 8. The first-order valence-corrected chi connectivity index (χ1v) is 12.9. The molecule has 1 saturated heterocycles. The van der Waals surface area contributed by atoms with Crippen molar-refractivity contribution in [3.05, 3.63) is 58.8 Å². The maximum absolute atomic E-state index is 12.4. The molecule has 1 fully saturated rings. The van der Waals surface area contributed by atoms with Crippen molar-refractivity contribution >= 4 is 46.2 Å². The van der Waals surface area contributed by atoms with Gasteiger partial charge in [-0.3, -0.25) is 10.1 Å². The number of carbonyl (C=O) groups excluding carboxylic acids is 2. The van der Waals surface area contributed by atoms with E-state index in [2.05, 4.69) is 51.6 Å². The summed E-state index contributed by atoms with van der Waals surface area (Å²) in [6.45, 7) is 9.91. The van der Waals surface area contributed by atoms with Gasteiger partial charge in [0.2, 0.25) is 5.89 Å². The maximum Gasteiger partial charge on any atom is 0.325 e. The molecular weight excluding hydrogens is 476 g/mol. The zero-order valence-corrected chi connectivity index (χ0v) is 21.7. The highest BCUT2D eigenvalue weighted by Gasteiger charge is 2.18. The number of thiazole rings is 1. The number of urea groups is 1. The van der Waals surface area contributed by atoms with Crippen molar-refractivity contribution in [1.29, 1.82) is 0 Å². The molecule has 9 nitrogen and oxygen atoms in total. The molecule has 4 rings (SSSR count). The average Bonchev–Trinajstić information content (AvgIpc) is 3.60. The summed E-state index contributed by atoms with van der Waals surface area (Å²) in [5.74, 6) is 1.22. The molecule has 3 N–H and O–H groups in total. The first-order chi connectivity index (χ1) is 17.3. The van der Waals surface area contributed by atoms with E-state index >= 15 is 0 Å².